The molecule has 0 aromatic carbocycles. The highest BCUT2D eigenvalue weighted by Crippen LogP contribution is 2.63. The van der Waals surface area contributed by atoms with E-state index in [-0.39, 0.29) is 22.7 Å². The molecule has 4 aliphatic carbocycles. The Labute approximate surface area is 137 Å². The molecule has 23 heavy (non-hydrogen) atoms. The molecule has 2 N–H and O–H groups in total. The molecular weight excluding hydrogens is 290 g/mol. The highest BCUT2D eigenvalue weighted by Gasteiger charge is 2.60. The van der Waals surface area contributed by atoms with Crippen LogP contribution in [-0.4, -0.2) is 27.9 Å². The lowest BCUT2D eigenvalue weighted by atomic mass is 9.48. The number of rotatable bonds is 0. The number of carbonyl (C=O) groups is 1. The number of aliphatic hydroxyl groups excluding tert-OH is 1. The molecule has 6 atom stereocenters. The Morgan fingerprint density at radius 3 is 2.61 bits per heavy atom. The number of nitrogens with zero attached hydrogens (tertiary/aromatic N) is 1. The van der Waals surface area contributed by atoms with E-state index in [1.54, 1.807) is 0 Å². The number of ketones is 1. The second kappa shape index (κ2) is 4.92. The summed E-state index contributed by atoms with van der Waals surface area (Å²) >= 11 is 0. The van der Waals surface area contributed by atoms with Crippen LogP contribution in [0.15, 0.2) is 16.8 Å². The minimum Gasteiger partial charge on any atom is -0.411 e. The molecule has 4 heteroatoms. The normalized spacial score (nSPS) is 51.0. The summed E-state index contributed by atoms with van der Waals surface area (Å²) in [6.07, 6.45) is 8.57. The molecule has 126 valence electrons. The van der Waals surface area contributed by atoms with E-state index in [0.717, 1.165) is 38.5 Å². The lowest BCUT2D eigenvalue weighted by Gasteiger charge is -2.56. The average Bonchev–Trinajstić information content (AvgIpc) is 2.79. The first-order chi connectivity index (χ1) is 10.9. The molecule has 0 unspecified atom stereocenters. The summed E-state index contributed by atoms with van der Waals surface area (Å²) in [4.78, 5) is 12.6. The van der Waals surface area contributed by atoms with Crippen LogP contribution >= 0.6 is 0 Å². The summed E-state index contributed by atoms with van der Waals surface area (Å²) in [5.74, 6) is 1.48. The topological polar surface area (TPSA) is 69.9 Å². The largest absolute Gasteiger partial charge is 0.411 e. The molecule has 3 saturated carbocycles. The predicted octanol–water partition coefficient (Wildman–Crippen LogP) is 3.32. The lowest BCUT2D eigenvalue weighted by Crippen LogP contribution is -2.50. The maximum atomic E-state index is 12.6. The predicted molar refractivity (Wildman–Crippen MR) is 87.3 cm³/mol. The maximum absolute atomic E-state index is 12.6. The highest BCUT2D eigenvalue weighted by atomic mass is 16.4. The van der Waals surface area contributed by atoms with Crippen molar-refractivity contribution in [3.05, 3.63) is 11.6 Å². The Morgan fingerprint density at radius 2 is 1.87 bits per heavy atom. The fourth-order valence-electron chi connectivity index (χ4n) is 6.34. The molecule has 4 rings (SSSR count). The van der Waals surface area contributed by atoms with E-state index in [2.05, 4.69) is 25.1 Å². The Balaban J connectivity index is 1.71. The van der Waals surface area contributed by atoms with Crippen molar-refractivity contribution in [1.29, 1.82) is 0 Å². The fraction of sp³-hybridized carbons (Fsp3) is 0.789. The average molecular weight is 317 g/mol. The summed E-state index contributed by atoms with van der Waals surface area (Å²) in [5, 5.41) is 22.5. The number of allylic oxidation sites excluding steroid dienone is 1. The summed E-state index contributed by atoms with van der Waals surface area (Å²) in [5.41, 5.74) is 1.68. The molecule has 0 aliphatic heterocycles. The van der Waals surface area contributed by atoms with Gasteiger partial charge in [0.05, 0.1) is 6.10 Å². The van der Waals surface area contributed by atoms with Gasteiger partial charge in [-0.3, -0.25) is 4.79 Å². The SMILES string of the molecule is C[C@]12CC[C@H](O)CC1=CC[C@@H]1[C@@H]2CC[C@]2(C)C(=O)/C(=N\O)C[C@@H]12. The van der Waals surface area contributed by atoms with Crippen molar-refractivity contribution in [2.24, 2.45) is 33.7 Å². The number of oxime groups is 1. The molecule has 0 saturated heterocycles. The summed E-state index contributed by atoms with van der Waals surface area (Å²) < 4.78 is 0. The van der Waals surface area contributed by atoms with Gasteiger partial charge in [0.25, 0.3) is 0 Å². The Hall–Kier alpha value is -1.16. The van der Waals surface area contributed by atoms with Gasteiger partial charge in [0.1, 0.15) is 5.71 Å². The van der Waals surface area contributed by atoms with Crippen molar-refractivity contribution in [1.82, 2.24) is 0 Å². The number of hydrogen-bond acceptors (Lipinski definition) is 4. The number of hydrogen-bond donors (Lipinski definition) is 2. The van der Waals surface area contributed by atoms with Crippen LogP contribution in [0.2, 0.25) is 0 Å². The zero-order valence-corrected chi connectivity index (χ0v) is 14.1. The standard InChI is InChI=1S/C19H27NO3/c1-18-7-5-12(21)9-11(18)3-4-13-14(18)6-8-19(2)15(13)10-16(20-23)17(19)22/h3,12-15,21,23H,4-10H2,1-2H3/b20-16-/t12-,13+,14-,15-,18-,19-/m0/s1. The number of fused-ring (bicyclic) bond motifs is 5. The van der Waals surface area contributed by atoms with Gasteiger partial charge >= 0.3 is 0 Å². The van der Waals surface area contributed by atoms with Crippen molar-refractivity contribution >= 4 is 11.5 Å². The van der Waals surface area contributed by atoms with Gasteiger partial charge in [0, 0.05) is 11.8 Å². The van der Waals surface area contributed by atoms with Crippen LogP contribution in [-0.2, 0) is 4.79 Å². The molecule has 0 aromatic rings. The molecule has 0 spiro atoms. The van der Waals surface area contributed by atoms with Gasteiger partial charge in [-0.05, 0) is 61.7 Å². The first-order valence-electron chi connectivity index (χ1n) is 9.03. The van der Waals surface area contributed by atoms with E-state index >= 15 is 0 Å². The third kappa shape index (κ3) is 1.93. The van der Waals surface area contributed by atoms with Crippen LogP contribution in [0.5, 0.6) is 0 Å². The zero-order chi connectivity index (χ0) is 16.4. The van der Waals surface area contributed by atoms with Gasteiger partial charge in [-0.2, -0.15) is 0 Å². The molecule has 4 nitrogen and oxygen atoms in total. The second-order valence-electron chi connectivity index (χ2n) is 8.69. The van der Waals surface area contributed by atoms with Crippen molar-refractivity contribution in [3.63, 3.8) is 0 Å². The van der Waals surface area contributed by atoms with E-state index in [4.69, 9.17) is 0 Å². The van der Waals surface area contributed by atoms with Crippen LogP contribution in [0, 0.1) is 28.6 Å². The van der Waals surface area contributed by atoms with Gasteiger partial charge in [0.2, 0.25) is 0 Å². The van der Waals surface area contributed by atoms with Gasteiger partial charge in [0.15, 0.2) is 5.78 Å². The van der Waals surface area contributed by atoms with Crippen LogP contribution in [0.3, 0.4) is 0 Å². The first-order valence-corrected chi connectivity index (χ1v) is 9.03. The molecule has 0 heterocycles. The van der Waals surface area contributed by atoms with Crippen LogP contribution < -0.4 is 0 Å². The smallest absolute Gasteiger partial charge is 0.186 e. The molecule has 3 fully saturated rings. The zero-order valence-electron chi connectivity index (χ0n) is 14.1. The van der Waals surface area contributed by atoms with Gasteiger partial charge in [-0.1, -0.05) is 30.7 Å². The van der Waals surface area contributed by atoms with Gasteiger partial charge < -0.3 is 10.3 Å². The summed E-state index contributed by atoms with van der Waals surface area (Å²) in [6.45, 7) is 4.46. The first kappa shape index (κ1) is 15.4. The van der Waals surface area contributed by atoms with Gasteiger partial charge in [-0.15, -0.1) is 0 Å². The van der Waals surface area contributed by atoms with Crippen LogP contribution in [0.25, 0.3) is 0 Å². The number of carbonyl (C=O) groups excluding carboxylic acids is 1. The number of aliphatic hydroxyl groups is 1. The van der Waals surface area contributed by atoms with Crippen LogP contribution in [0.4, 0.5) is 0 Å². The van der Waals surface area contributed by atoms with E-state index in [1.807, 2.05) is 0 Å². The molecule has 0 radical (unpaired) electrons. The minimum absolute atomic E-state index is 0.0717. The molecule has 0 bridgehead atoms. The Morgan fingerprint density at radius 1 is 1.13 bits per heavy atom. The summed E-state index contributed by atoms with van der Waals surface area (Å²) in [6, 6.07) is 0. The van der Waals surface area contributed by atoms with Crippen molar-refractivity contribution in [3.8, 4) is 0 Å². The third-order valence-electron chi connectivity index (χ3n) is 7.78. The molecular formula is C19H27NO3. The minimum atomic E-state index is -0.335. The lowest BCUT2D eigenvalue weighted by molar-refractivity contribution is -0.128. The number of Topliss-reactive ketones (excluding diaryl/α,β-unsaturated/α-hetero) is 1. The highest BCUT2D eigenvalue weighted by molar-refractivity contribution is 6.43. The van der Waals surface area contributed by atoms with E-state index < -0.39 is 0 Å². The molecule has 0 aromatic heterocycles. The van der Waals surface area contributed by atoms with Crippen molar-refractivity contribution < 1.29 is 15.1 Å². The third-order valence-corrected chi connectivity index (χ3v) is 7.78. The maximum Gasteiger partial charge on any atom is 0.186 e. The van der Waals surface area contributed by atoms with E-state index in [0.29, 0.717) is 29.9 Å². The Bertz CT molecular complexity index is 610. The quantitative estimate of drug-likeness (QED) is 0.409. The van der Waals surface area contributed by atoms with Crippen molar-refractivity contribution in [2.75, 3.05) is 0 Å². The van der Waals surface area contributed by atoms with E-state index in [9.17, 15) is 15.1 Å². The second-order valence-corrected chi connectivity index (χ2v) is 8.69. The Kier molecular flexibility index (Phi) is 3.29. The summed E-state index contributed by atoms with van der Waals surface area (Å²) in [7, 11) is 0. The van der Waals surface area contributed by atoms with Crippen molar-refractivity contribution in [2.45, 2.75) is 64.9 Å². The van der Waals surface area contributed by atoms with E-state index in [1.165, 1.54) is 5.57 Å². The van der Waals surface area contributed by atoms with Gasteiger partial charge in [-0.25, -0.2) is 0 Å². The monoisotopic (exact) mass is 317 g/mol. The molecule has 0 amide bonds. The fourth-order valence-corrected chi connectivity index (χ4v) is 6.34. The molecule has 4 aliphatic rings. The van der Waals surface area contributed by atoms with Crippen LogP contribution in [0.1, 0.15) is 58.8 Å².